The minimum Gasteiger partial charge on any atom is -0.322 e. The fourth-order valence-electron chi connectivity index (χ4n) is 2.75. The van der Waals surface area contributed by atoms with Gasteiger partial charge in [0.05, 0.1) is 9.82 Å². The van der Waals surface area contributed by atoms with E-state index < -0.39 is 20.9 Å². The Bertz CT molecular complexity index is 1150. The van der Waals surface area contributed by atoms with Crippen LogP contribution in [0.3, 0.4) is 0 Å². The molecule has 0 saturated heterocycles. The van der Waals surface area contributed by atoms with Crippen molar-refractivity contribution < 1.29 is 18.1 Å². The van der Waals surface area contributed by atoms with Crippen molar-refractivity contribution in [1.82, 2.24) is 4.31 Å². The summed E-state index contributed by atoms with van der Waals surface area (Å²) >= 11 is 0. The van der Waals surface area contributed by atoms with Gasteiger partial charge in [-0.2, -0.15) is 4.31 Å². The summed E-state index contributed by atoms with van der Waals surface area (Å²) in [4.78, 5) is 22.5. The lowest BCUT2D eigenvalue weighted by Gasteiger charge is -2.17. The molecule has 0 radical (unpaired) electrons. The number of benzene rings is 3. The predicted octanol–water partition coefficient (Wildman–Crippen LogP) is 3.67. The molecule has 8 nitrogen and oxygen atoms in total. The summed E-state index contributed by atoms with van der Waals surface area (Å²) in [5, 5.41) is 13.3. The molecular weight excluding hydrogens is 406 g/mol. The standard InChI is InChI=1S/C21H19N3O5S/c1-23(15-16-5-3-2-4-6-16)30(28,29)20-13-9-18(10-14-20)22-21(25)17-7-11-19(12-8-17)24(26)27/h2-14H,15H2,1H3,(H,22,25). The highest BCUT2D eigenvalue weighted by molar-refractivity contribution is 7.89. The Balaban J connectivity index is 1.69. The van der Waals surface area contributed by atoms with E-state index in [0.717, 1.165) is 5.56 Å². The monoisotopic (exact) mass is 425 g/mol. The van der Waals surface area contributed by atoms with E-state index in [4.69, 9.17) is 0 Å². The molecule has 1 amide bonds. The quantitative estimate of drug-likeness (QED) is 0.459. The molecule has 3 aromatic rings. The lowest BCUT2D eigenvalue weighted by atomic mass is 10.2. The minimum atomic E-state index is -3.69. The lowest BCUT2D eigenvalue weighted by molar-refractivity contribution is -0.384. The number of nitrogens with zero attached hydrogens (tertiary/aromatic N) is 2. The Morgan fingerprint density at radius 3 is 2.13 bits per heavy atom. The van der Waals surface area contributed by atoms with Crippen LogP contribution in [0, 0.1) is 10.1 Å². The molecule has 0 bridgehead atoms. The van der Waals surface area contributed by atoms with E-state index in [-0.39, 0.29) is 22.7 Å². The molecule has 154 valence electrons. The second kappa shape index (κ2) is 8.85. The van der Waals surface area contributed by atoms with Crippen LogP contribution in [0.5, 0.6) is 0 Å². The molecule has 0 fully saturated rings. The van der Waals surface area contributed by atoms with Gasteiger partial charge in [0, 0.05) is 37.0 Å². The van der Waals surface area contributed by atoms with Gasteiger partial charge in [-0.15, -0.1) is 0 Å². The highest BCUT2D eigenvalue weighted by Gasteiger charge is 2.21. The second-order valence-electron chi connectivity index (χ2n) is 6.53. The van der Waals surface area contributed by atoms with Gasteiger partial charge in [-0.3, -0.25) is 14.9 Å². The number of nitrogens with one attached hydrogen (secondary N) is 1. The molecule has 3 rings (SSSR count). The molecular formula is C21H19N3O5S. The molecule has 3 aromatic carbocycles. The average Bonchev–Trinajstić information content (AvgIpc) is 2.75. The summed E-state index contributed by atoms with van der Waals surface area (Å²) in [6, 6.07) is 20.3. The van der Waals surface area contributed by atoms with Gasteiger partial charge in [-0.25, -0.2) is 8.42 Å². The van der Waals surface area contributed by atoms with Gasteiger partial charge in [-0.1, -0.05) is 30.3 Å². The van der Waals surface area contributed by atoms with Crippen LogP contribution in [0.4, 0.5) is 11.4 Å². The first-order valence-corrected chi connectivity index (χ1v) is 10.4. The fraction of sp³-hybridized carbons (Fsp3) is 0.0952. The maximum atomic E-state index is 12.8. The van der Waals surface area contributed by atoms with Crippen molar-refractivity contribution in [2.45, 2.75) is 11.4 Å². The zero-order chi connectivity index (χ0) is 21.7. The van der Waals surface area contributed by atoms with E-state index >= 15 is 0 Å². The Morgan fingerprint density at radius 1 is 0.967 bits per heavy atom. The van der Waals surface area contributed by atoms with Crippen LogP contribution >= 0.6 is 0 Å². The molecule has 0 spiro atoms. The Hall–Kier alpha value is -3.56. The molecule has 0 aliphatic rings. The highest BCUT2D eigenvalue weighted by Crippen LogP contribution is 2.20. The number of nitro benzene ring substituents is 1. The number of hydrogen-bond acceptors (Lipinski definition) is 5. The van der Waals surface area contributed by atoms with Crippen LogP contribution in [-0.4, -0.2) is 30.6 Å². The summed E-state index contributed by atoms with van der Waals surface area (Å²) in [6.45, 7) is 0.238. The number of nitro groups is 1. The smallest absolute Gasteiger partial charge is 0.269 e. The summed E-state index contributed by atoms with van der Waals surface area (Å²) in [6.07, 6.45) is 0. The molecule has 0 aliphatic carbocycles. The topological polar surface area (TPSA) is 110 Å². The SMILES string of the molecule is CN(Cc1ccccc1)S(=O)(=O)c1ccc(NC(=O)c2ccc([N+](=O)[O-])cc2)cc1. The van der Waals surface area contributed by atoms with Crippen molar-refractivity contribution in [3.8, 4) is 0 Å². The largest absolute Gasteiger partial charge is 0.322 e. The normalized spacial score (nSPS) is 11.3. The van der Waals surface area contributed by atoms with Crippen molar-refractivity contribution in [3.63, 3.8) is 0 Å². The zero-order valence-electron chi connectivity index (χ0n) is 16.1. The van der Waals surface area contributed by atoms with Gasteiger partial charge in [-0.05, 0) is 42.0 Å². The molecule has 0 saturated carbocycles. The summed E-state index contributed by atoms with van der Waals surface area (Å²) in [5.74, 6) is -0.457. The van der Waals surface area contributed by atoms with Crippen molar-refractivity contribution in [1.29, 1.82) is 0 Å². The third-order valence-electron chi connectivity index (χ3n) is 4.41. The number of sulfonamides is 1. The maximum Gasteiger partial charge on any atom is 0.269 e. The lowest BCUT2D eigenvalue weighted by Crippen LogP contribution is -2.26. The van der Waals surface area contributed by atoms with E-state index in [2.05, 4.69) is 5.32 Å². The van der Waals surface area contributed by atoms with Gasteiger partial charge in [0.1, 0.15) is 0 Å². The minimum absolute atomic E-state index is 0.106. The Kier molecular flexibility index (Phi) is 6.24. The van der Waals surface area contributed by atoms with E-state index in [9.17, 15) is 23.3 Å². The first kappa shape index (κ1) is 21.2. The van der Waals surface area contributed by atoms with Crippen molar-refractivity contribution in [2.75, 3.05) is 12.4 Å². The highest BCUT2D eigenvalue weighted by atomic mass is 32.2. The molecule has 0 heterocycles. The Labute approximate surface area is 174 Å². The van der Waals surface area contributed by atoms with Crippen LogP contribution in [-0.2, 0) is 16.6 Å². The second-order valence-corrected chi connectivity index (χ2v) is 8.57. The van der Waals surface area contributed by atoms with Gasteiger partial charge >= 0.3 is 0 Å². The molecule has 30 heavy (non-hydrogen) atoms. The van der Waals surface area contributed by atoms with Gasteiger partial charge in [0.2, 0.25) is 10.0 Å². The van der Waals surface area contributed by atoms with Crippen molar-refractivity contribution >= 4 is 27.3 Å². The van der Waals surface area contributed by atoms with Gasteiger partial charge in [0.15, 0.2) is 0 Å². The number of rotatable bonds is 7. The number of hydrogen-bond donors (Lipinski definition) is 1. The number of anilines is 1. The van der Waals surface area contributed by atoms with Crippen LogP contribution in [0.2, 0.25) is 0 Å². The molecule has 0 aromatic heterocycles. The maximum absolute atomic E-state index is 12.8. The van der Waals surface area contributed by atoms with E-state index in [1.165, 1.54) is 59.9 Å². The number of carbonyl (C=O) groups is 1. The van der Waals surface area contributed by atoms with Crippen LogP contribution in [0.1, 0.15) is 15.9 Å². The average molecular weight is 425 g/mol. The Morgan fingerprint density at radius 2 is 1.57 bits per heavy atom. The van der Waals surface area contributed by atoms with E-state index in [1.54, 1.807) is 0 Å². The molecule has 0 atom stereocenters. The zero-order valence-corrected chi connectivity index (χ0v) is 16.9. The van der Waals surface area contributed by atoms with Gasteiger partial charge in [0.25, 0.3) is 11.6 Å². The number of amides is 1. The van der Waals surface area contributed by atoms with Crippen molar-refractivity contribution in [2.24, 2.45) is 0 Å². The van der Waals surface area contributed by atoms with Gasteiger partial charge < -0.3 is 5.32 Å². The van der Waals surface area contributed by atoms with E-state index in [1.807, 2.05) is 30.3 Å². The summed E-state index contributed by atoms with van der Waals surface area (Å²) < 4.78 is 26.8. The third-order valence-corrected chi connectivity index (χ3v) is 6.23. The number of non-ortho nitro benzene ring substituents is 1. The van der Waals surface area contributed by atoms with E-state index in [0.29, 0.717) is 5.69 Å². The van der Waals surface area contributed by atoms with Crippen LogP contribution < -0.4 is 5.32 Å². The summed E-state index contributed by atoms with van der Waals surface area (Å²) in [5.41, 5.74) is 1.42. The van der Waals surface area contributed by atoms with Crippen LogP contribution in [0.25, 0.3) is 0 Å². The first-order chi connectivity index (χ1) is 14.3. The molecule has 1 N–H and O–H groups in total. The molecule has 9 heteroatoms. The van der Waals surface area contributed by atoms with Crippen LogP contribution in [0.15, 0.2) is 83.8 Å². The first-order valence-electron chi connectivity index (χ1n) is 8.93. The van der Waals surface area contributed by atoms with Crippen molar-refractivity contribution in [3.05, 3.63) is 100 Å². The fourth-order valence-corrected chi connectivity index (χ4v) is 3.91. The predicted molar refractivity (Wildman–Crippen MR) is 113 cm³/mol. The number of carbonyl (C=O) groups excluding carboxylic acids is 1. The molecule has 0 unspecified atom stereocenters. The third kappa shape index (κ3) is 4.88. The molecule has 0 aliphatic heterocycles. The summed E-state index contributed by atoms with van der Waals surface area (Å²) in [7, 11) is -2.18.